The monoisotopic (exact) mass is 896 g/mol. The van der Waals surface area contributed by atoms with Gasteiger partial charge >= 0.3 is 12.1 Å². The summed E-state index contributed by atoms with van der Waals surface area (Å²) >= 11 is 0. The molecule has 1 N–H and O–H groups in total. The lowest BCUT2D eigenvalue weighted by molar-refractivity contribution is 0.0240. The number of aliphatic hydroxyl groups is 1. The first-order chi connectivity index (χ1) is 30.3. The van der Waals surface area contributed by atoms with Crippen molar-refractivity contribution < 1.29 is 33.3 Å². The fourth-order valence-electron chi connectivity index (χ4n) is 7.25. The van der Waals surface area contributed by atoms with E-state index in [1.807, 2.05) is 82.3 Å². The molecule has 346 valence electrons. The molecule has 6 rings (SSSR count). The van der Waals surface area contributed by atoms with Gasteiger partial charge in [0.1, 0.15) is 35.1 Å². The number of aromatic nitrogens is 5. The van der Waals surface area contributed by atoms with E-state index in [4.69, 9.17) is 43.4 Å². The maximum atomic E-state index is 12.7. The SMILES string of the molecule is CCC(CCO[Si](C)(C)C(C)(C)C)Oc1nc(N(Cc2ccc(OC)cc2)Cc2ccc(OC)cc2)c2ncc(C(O)c3cnc(N4CCN(C(=O)OC(C)(C)C)CC4)c(C)c3)n2n1. The number of nitrogens with zero attached hydrogens (tertiary/aromatic N) is 8. The highest BCUT2D eigenvalue weighted by atomic mass is 28.4. The number of pyridine rings is 1. The molecule has 4 heterocycles. The van der Waals surface area contributed by atoms with Crippen molar-refractivity contribution >= 4 is 31.7 Å². The lowest BCUT2D eigenvalue weighted by Crippen LogP contribution is -2.50. The van der Waals surface area contributed by atoms with E-state index < -0.39 is 20.0 Å². The topological polar surface area (TPSA) is 149 Å². The lowest BCUT2D eigenvalue weighted by Gasteiger charge is -2.36. The Bertz CT molecular complexity index is 2270. The summed E-state index contributed by atoms with van der Waals surface area (Å²) in [6.07, 6.45) is 3.04. The third-order valence-electron chi connectivity index (χ3n) is 12.1. The molecule has 0 radical (unpaired) electrons. The summed E-state index contributed by atoms with van der Waals surface area (Å²) in [7, 11) is 1.33. The number of carbonyl (C=O) groups is 1. The number of aryl methyl sites for hydroxylation is 1. The molecule has 2 unspecified atom stereocenters. The molecule has 1 fully saturated rings. The van der Waals surface area contributed by atoms with E-state index in [-0.39, 0.29) is 23.2 Å². The Labute approximate surface area is 379 Å². The fourth-order valence-corrected chi connectivity index (χ4v) is 8.31. The molecule has 2 atom stereocenters. The second-order valence-corrected chi connectivity index (χ2v) is 23.8. The van der Waals surface area contributed by atoms with Gasteiger partial charge in [0.15, 0.2) is 19.8 Å². The summed E-state index contributed by atoms with van der Waals surface area (Å²) in [5.41, 5.74) is 3.88. The summed E-state index contributed by atoms with van der Waals surface area (Å²) in [5, 5.41) is 17.2. The molecule has 0 saturated carbocycles. The molecule has 0 spiro atoms. The van der Waals surface area contributed by atoms with Crippen LogP contribution in [0.5, 0.6) is 17.5 Å². The van der Waals surface area contributed by atoms with E-state index in [9.17, 15) is 9.90 Å². The second kappa shape index (κ2) is 20.2. The second-order valence-electron chi connectivity index (χ2n) is 19.0. The maximum Gasteiger partial charge on any atom is 0.410 e. The number of benzene rings is 2. The first-order valence-electron chi connectivity index (χ1n) is 22.2. The Kier molecular flexibility index (Phi) is 15.1. The van der Waals surface area contributed by atoms with Crippen molar-refractivity contribution in [3.05, 3.63) is 94.9 Å². The van der Waals surface area contributed by atoms with Crippen LogP contribution in [0.2, 0.25) is 18.1 Å². The third kappa shape index (κ3) is 11.8. The van der Waals surface area contributed by atoms with Gasteiger partial charge in [0, 0.05) is 64.1 Å². The molecule has 0 aliphatic carbocycles. The van der Waals surface area contributed by atoms with Gasteiger partial charge in [-0.3, -0.25) is 0 Å². The van der Waals surface area contributed by atoms with Gasteiger partial charge in [0.05, 0.1) is 26.1 Å². The fraction of sp³-hybridized carbons (Fsp3) is 0.521. The molecule has 3 aromatic heterocycles. The molecule has 1 aliphatic heterocycles. The zero-order chi connectivity index (χ0) is 46.4. The van der Waals surface area contributed by atoms with Gasteiger partial charge in [-0.2, -0.15) is 4.98 Å². The number of fused-ring (bicyclic) bond motifs is 1. The predicted molar refractivity (Wildman–Crippen MR) is 252 cm³/mol. The molecule has 5 aromatic rings. The smallest absolute Gasteiger partial charge is 0.410 e. The number of carbonyl (C=O) groups excluding carboxylic acids is 1. The molecule has 64 heavy (non-hydrogen) atoms. The van der Waals surface area contributed by atoms with Crippen molar-refractivity contribution in [2.75, 3.05) is 56.8 Å². The number of ether oxygens (including phenoxy) is 4. The highest BCUT2D eigenvalue weighted by Crippen LogP contribution is 2.37. The number of hydrogen-bond acceptors (Lipinski definition) is 13. The number of aliphatic hydroxyl groups excluding tert-OH is 1. The van der Waals surface area contributed by atoms with E-state index in [2.05, 4.69) is 50.6 Å². The van der Waals surface area contributed by atoms with Crippen LogP contribution in [0.3, 0.4) is 0 Å². The van der Waals surface area contributed by atoms with E-state index in [1.54, 1.807) is 36.0 Å². The van der Waals surface area contributed by atoms with Gasteiger partial charge in [-0.25, -0.2) is 19.3 Å². The minimum atomic E-state index is -1.97. The van der Waals surface area contributed by atoms with Crippen molar-refractivity contribution in [3.63, 3.8) is 0 Å². The van der Waals surface area contributed by atoms with E-state index in [1.165, 1.54) is 0 Å². The third-order valence-corrected chi connectivity index (χ3v) is 16.6. The number of amides is 1. The van der Waals surface area contributed by atoms with Crippen LogP contribution >= 0.6 is 0 Å². The van der Waals surface area contributed by atoms with Gasteiger partial charge in [-0.15, -0.1) is 5.10 Å². The van der Waals surface area contributed by atoms with Gasteiger partial charge in [-0.1, -0.05) is 52.0 Å². The van der Waals surface area contributed by atoms with Crippen molar-refractivity contribution in [1.29, 1.82) is 0 Å². The molecule has 1 aliphatic rings. The Morgan fingerprint density at radius 3 is 1.98 bits per heavy atom. The van der Waals surface area contributed by atoms with Crippen molar-refractivity contribution in [2.45, 2.75) is 117 Å². The first-order valence-corrected chi connectivity index (χ1v) is 25.1. The number of anilines is 2. The summed E-state index contributed by atoms with van der Waals surface area (Å²) in [5.74, 6) is 2.87. The maximum absolute atomic E-state index is 12.7. The van der Waals surface area contributed by atoms with Crippen LogP contribution in [0.25, 0.3) is 5.65 Å². The highest BCUT2D eigenvalue weighted by molar-refractivity contribution is 6.74. The van der Waals surface area contributed by atoms with Crippen LogP contribution in [0.1, 0.15) is 95.4 Å². The lowest BCUT2D eigenvalue weighted by atomic mass is 10.1. The number of imidazole rings is 1. The zero-order valence-corrected chi connectivity index (χ0v) is 40.8. The Morgan fingerprint density at radius 2 is 1.47 bits per heavy atom. The largest absolute Gasteiger partial charge is 0.497 e. The predicted octanol–water partition coefficient (Wildman–Crippen LogP) is 8.76. The quantitative estimate of drug-likeness (QED) is 0.0888. The number of piperazine rings is 1. The minimum Gasteiger partial charge on any atom is -0.497 e. The molecule has 0 bridgehead atoms. The summed E-state index contributed by atoms with van der Waals surface area (Å²) < 4.78 is 31.4. The van der Waals surface area contributed by atoms with Crippen molar-refractivity contribution in [1.82, 2.24) is 29.5 Å². The highest BCUT2D eigenvalue weighted by Gasteiger charge is 2.37. The van der Waals surface area contributed by atoms with Crippen LogP contribution in [0.4, 0.5) is 16.4 Å². The van der Waals surface area contributed by atoms with E-state index in [0.29, 0.717) is 81.4 Å². The van der Waals surface area contributed by atoms with E-state index in [0.717, 1.165) is 34.0 Å². The summed E-state index contributed by atoms with van der Waals surface area (Å²) in [6.45, 7) is 24.7. The van der Waals surface area contributed by atoms with Crippen LogP contribution in [0, 0.1) is 6.92 Å². The van der Waals surface area contributed by atoms with Gasteiger partial charge in [0.2, 0.25) is 0 Å². The zero-order valence-electron chi connectivity index (χ0n) is 39.8. The van der Waals surface area contributed by atoms with Crippen molar-refractivity contribution in [3.8, 4) is 17.5 Å². The van der Waals surface area contributed by atoms with Gasteiger partial charge < -0.3 is 43.2 Å². The Hall–Kier alpha value is -5.45. The average molecular weight is 897 g/mol. The standard InChI is InChI=1S/C48H68N8O7Si/c1-13-37(22-27-61-64(11,12)48(6,7)8)62-45-51-44(55(31-34-14-18-38(59-9)19-15-34)32-35-16-20-39(60-10)21-17-35)43-50-30-40(56(43)52-45)41(57)36-28-33(2)42(49-29-36)53-23-25-54(26-24-53)46(58)63-47(3,4)5/h14-21,28-30,37,41,57H,13,22-27,31-32H2,1-12H3. The van der Waals surface area contributed by atoms with Crippen LogP contribution in [-0.2, 0) is 22.3 Å². The molecular weight excluding hydrogens is 829 g/mol. The molecule has 1 saturated heterocycles. The van der Waals surface area contributed by atoms with Gasteiger partial charge in [-0.05, 0) is 99.3 Å². The Morgan fingerprint density at radius 1 is 0.875 bits per heavy atom. The number of rotatable bonds is 17. The first kappa shape index (κ1) is 48.0. The minimum absolute atomic E-state index is 0.0849. The summed E-state index contributed by atoms with van der Waals surface area (Å²) in [4.78, 5) is 33.6. The van der Waals surface area contributed by atoms with Gasteiger partial charge in [0.25, 0.3) is 0 Å². The number of methoxy groups -OCH3 is 2. The average Bonchev–Trinajstić information content (AvgIpc) is 3.68. The molecule has 16 heteroatoms. The van der Waals surface area contributed by atoms with Crippen LogP contribution in [-0.4, -0.2) is 108 Å². The molecule has 2 aromatic carbocycles. The Balaban J connectivity index is 1.35. The molecular formula is C48H68N8O7Si. The summed E-state index contributed by atoms with van der Waals surface area (Å²) in [6, 6.07) is 18.0. The molecule has 15 nitrogen and oxygen atoms in total. The van der Waals surface area contributed by atoms with Crippen LogP contribution < -0.4 is 24.0 Å². The number of hydrogen-bond donors (Lipinski definition) is 1. The van der Waals surface area contributed by atoms with E-state index >= 15 is 0 Å². The van der Waals surface area contributed by atoms with Crippen molar-refractivity contribution in [2.24, 2.45) is 0 Å². The normalized spacial score (nSPS) is 14.6. The van der Waals surface area contributed by atoms with Crippen LogP contribution in [0.15, 0.2) is 67.0 Å². The molecule has 1 amide bonds.